The zero-order valence-corrected chi connectivity index (χ0v) is 22.6. The zero-order chi connectivity index (χ0) is 29.1. The van der Waals surface area contributed by atoms with E-state index in [0.717, 1.165) is 55.2 Å². The number of carboxylic acids is 1. The molecule has 1 heterocycles. The summed E-state index contributed by atoms with van der Waals surface area (Å²) in [6.45, 7) is 2.31. The van der Waals surface area contributed by atoms with E-state index in [-0.39, 0.29) is 17.8 Å². The van der Waals surface area contributed by atoms with Crippen molar-refractivity contribution in [2.45, 2.75) is 44.7 Å². The van der Waals surface area contributed by atoms with E-state index in [1.165, 1.54) is 12.1 Å². The molecule has 3 aromatic carbocycles. The van der Waals surface area contributed by atoms with E-state index < -0.39 is 23.5 Å². The van der Waals surface area contributed by atoms with Crippen molar-refractivity contribution in [2.75, 3.05) is 26.3 Å². The maximum absolute atomic E-state index is 14.1. The van der Waals surface area contributed by atoms with Crippen LogP contribution >= 0.6 is 0 Å². The van der Waals surface area contributed by atoms with Crippen LogP contribution < -0.4 is 0 Å². The molecule has 2 aliphatic rings. The lowest BCUT2D eigenvalue weighted by Gasteiger charge is -2.20. The average molecular weight is 570 g/mol. The van der Waals surface area contributed by atoms with Gasteiger partial charge in [-0.3, -0.25) is 4.39 Å². The summed E-state index contributed by atoms with van der Waals surface area (Å²) in [7, 11) is 0. The first-order valence-electron chi connectivity index (χ1n) is 14.0. The molecule has 0 saturated carbocycles. The molecule has 5 rings (SSSR count). The van der Waals surface area contributed by atoms with Crippen LogP contribution in [0.4, 0.5) is 22.0 Å². The van der Waals surface area contributed by atoms with E-state index in [9.17, 15) is 31.9 Å². The van der Waals surface area contributed by atoms with Gasteiger partial charge in [-0.15, -0.1) is 0 Å². The van der Waals surface area contributed by atoms with Crippen LogP contribution in [-0.2, 0) is 19.0 Å². The van der Waals surface area contributed by atoms with Crippen LogP contribution in [0.25, 0.3) is 11.1 Å². The number of fused-ring (bicyclic) bond motifs is 1. The molecule has 0 spiro atoms. The molecule has 1 fully saturated rings. The molecule has 1 atom stereocenters. The molecule has 1 unspecified atom stereocenters. The van der Waals surface area contributed by atoms with Gasteiger partial charge in [0.1, 0.15) is 5.82 Å². The normalized spacial score (nSPS) is 17.9. The summed E-state index contributed by atoms with van der Waals surface area (Å²) in [5.41, 5.74) is 3.39. The van der Waals surface area contributed by atoms with Gasteiger partial charge >= 0.3 is 12.1 Å². The highest BCUT2D eigenvalue weighted by Crippen LogP contribution is 2.44. The first kappa shape index (κ1) is 29.0. The Morgan fingerprint density at radius 3 is 2.44 bits per heavy atom. The molecule has 1 N–H and O–H groups in total. The number of hydrogen-bond acceptors (Lipinski definition) is 2. The van der Waals surface area contributed by atoms with Gasteiger partial charge in [-0.05, 0) is 114 Å². The second-order valence-electron chi connectivity index (χ2n) is 11.0. The van der Waals surface area contributed by atoms with Crippen LogP contribution in [0.1, 0.15) is 69.4 Å². The Morgan fingerprint density at radius 1 is 0.976 bits per heavy atom. The average Bonchev–Trinajstić information content (AvgIpc) is 3.30. The molecule has 3 nitrogen and oxygen atoms in total. The predicted octanol–water partition coefficient (Wildman–Crippen LogP) is 8.06. The number of carboxylic acid groups (broad SMARTS) is 1. The summed E-state index contributed by atoms with van der Waals surface area (Å²) in [4.78, 5) is 13.9. The molecule has 0 amide bonds. The molecule has 0 radical (unpaired) electrons. The third kappa shape index (κ3) is 6.53. The number of aryl methyl sites for hydroxylation is 1. The van der Waals surface area contributed by atoms with Gasteiger partial charge in [-0.2, -0.15) is 13.2 Å². The fourth-order valence-corrected chi connectivity index (χ4v) is 6.24. The molecule has 1 aliphatic carbocycles. The van der Waals surface area contributed by atoms with Gasteiger partial charge in [-0.25, -0.2) is 9.18 Å². The van der Waals surface area contributed by atoms with Crippen molar-refractivity contribution in [1.82, 2.24) is 4.90 Å². The van der Waals surface area contributed by atoms with Crippen molar-refractivity contribution in [2.24, 2.45) is 5.92 Å². The van der Waals surface area contributed by atoms with Gasteiger partial charge in [0.15, 0.2) is 0 Å². The number of halogens is 5. The molecule has 8 heteroatoms. The molecule has 0 bridgehead atoms. The second kappa shape index (κ2) is 12.1. The van der Waals surface area contributed by atoms with Crippen LogP contribution in [0.5, 0.6) is 0 Å². The van der Waals surface area contributed by atoms with Crippen LogP contribution in [0.15, 0.2) is 60.7 Å². The number of benzene rings is 3. The first-order valence-corrected chi connectivity index (χ1v) is 14.0. The topological polar surface area (TPSA) is 40.5 Å². The molecule has 3 aromatic rings. The fraction of sp³-hybridized carbons (Fsp3) is 0.364. The monoisotopic (exact) mass is 569 g/mol. The lowest BCUT2D eigenvalue weighted by Crippen LogP contribution is -2.22. The number of rotatable bonds is 8. The molecule has 1 aliphatic heterocycles. The molecule has 216 valence electrons. The van der Waals surface area contributed by atoms with Gasteiger partial charge in [0.05, 0.1) is 17.8 Å². The molecular weight excluding hydrogens is 537 g/mol. The third-order valence-corrected chi connectivity index (χ3v) is 8.15. The summed E-state index contributed by atoms with van der Waals surface area (Å²) < 4.78 is 68.9. The number of nitrogens with zero attached hydrogens (tertiary/aromatic N) is 1. The number of allylic oxidation sites excluding steroid dienone is 1. The molecule has 41 heavy (non-hydrogen) atoms. The minimum atomic E-state index is -4.75. The second-order valence-corrected chi connectivity index (χ2v) is 11.0. The molecular formula is C33H32F5NO2. The minimum absolute atomic E-state index is 0.0625. The van der Waals surface area contributed by atoms with Crippen molar-refractivity contribution >= 4 is 17.1 Å². The van der Waals surface area contributed by atoms with Crippen molar-refractivity contribution in [1.29, 1.82) is 0 Å². The third-order valence-electron chi connectivity index (χ3n) is 8.15. The summed E-state index contributed by atoms with van der Waals surface area (Å²) in [5, 5.41) is 9.54. The lowest BCUT2D eigenvalue weighted by atomic mass is 9.85. The van der Waals surface area contributed by atoms with E-state index in [1.807, 2.05) is 24.3 Å². The fourth-order valence-electron chi connectivity index (χ4n) is 6.24. The summed E-state index contributed by atoms with van der Waals surface area (Å²) in [6, 6.07) is 15.4. The Hall–Kier alpha value is -3.52. The van der Waals surface area contributed by atoms with Gasteiger partial charge in [0.25, 0.3) is 0 Å². The number of hydrogen-bond donors (Lipinski definition) is 1. The van der Waals surface area contributed by atoms with Crippen molar-refractivity contribution in [3.8, 4) is 0 Å². The lowest BCUT2D eigenvalue weighted by molar-refractivity contribution is -0.138. The van der Waals surface area contributed by atoms with Gasteiger partial charge < -0.3 is 10.0 Å². The number of carbonyl (C=O) groups is 1. The number of alkyl halides is 4. The first-order chi connectivity index (χ1) is 19.6. The highest BCUT2D eigenvalue weighted by Gasteiger charge is 2.36. The molecule has 0 aromatic heterocycles. The van der Waals surface area contributed by atoms with Crippen molar-refractivity contribution in [3.63, 3.8) is 0 Å². The van der Waals surface area contributed by atoms with Crippen LogP contribution in [0.3, 0.4) is 0 Å². The Morgan fingerprint density at radius 2 is 1.73 bits per heavy atom. The molecule has 1 saturated heterocycles. The number of aromatic carboxylic acids is 1. The van der Waals surface area contributed by atoms with Crippen LogP contribution in [0, 0.1) is 11.7 Å². The minimum Gasteiger partial charge on any atom is -0.478 e. The van der Waals surface area contributed by atoms with Gasteiger partial charge in [-0.1, -0.05) is 36.4 Å². The van der Waals surface area contributed by atoms with Crippen LogP contribution in [-0.4, -0.2) is 42.3 Å². The predicted molar refractivity (Wildman–Crippen MR) is 149 cm³/mol. The summed E-state index contributed by atoms with van der Waals surface area (Å²) in [5.74, 6) is -1.57. The van der Waals surface area contributed by atoms with E-state index in [4.69, 9.17) is 0 Å². The summed E-state index contributed by atoms with van der Waals surface area (Å²) >= 11 is 0. The van der Waals surface area contributed by atoms with Crippen molar-refractivity contribution < 1.29 is 31.9 Å². The standard InChI is InChI=1S/C33H32F5NO2/c34-14-2-15-39-16-13-22(20-39)17-21-5-7-23(8-6-21)31-27-11-9-25(32(40)41)18-24(27)3-1-4-29(31)28-12-10-26(35)19-30(28)33(36,37)38/h5-12,18-19,22H,1-4,13-17,20H2,(H,40,41). The number of likely N-dealkylation sites (tertiary alicyclic amines) is 1. The largest absolute Gasteiger partial charge is 0.478 e. The van der Waals surface area contributed by atoms with E-state index in [1.54, 1.807) is 12.1 Å². The Bertz CT molecular complexity index is 1440. The maximum Gasteiger partial charge on any atom is 0.417 e. The highest BCUT2D eigenvalue weighted by molar-refractivity contribution is 6.01. The van der Waals surface area contributed by atoms with Gasteiger partial charge in [0, 0.05) is 13.1 Å². The van der Waals surface area contributed by atoms with Crippen molar-refractivity contribution in [3.05, 3.63) is 105 Å². The Kier molecular flexibility index (Phi) is 8.59. The summed E-state index contributed by atoms with van der Waals surface area (Å²) in [6.07, 6.45) is -0.980. The highest BCUT2D eigenvalue weighted by atomic mass is 19.4. The van der Waals surface area contributed by atoms with Gasteiger partial charge in [0.2, 0.25) is 0 Å². The van der Waals surface area contributed by atoms with E-state index in [0.29, 0.717) is 54.4 Å². The Labute approximate surface area is 236 Å². The quantitative estimate of drug-likeness (QED) is 0.279. The van der Waals surface area contributed by atoms with E-state index in [2.05, 4.69) is 4.90 Å². The van der Waals surface area contributed by atoms with Crippen LogP contribution in [0.2, 0.25) is 0 Å². The Balaban J connectivity index is 1.57. The SMILES string of the molecule is O=C(O)c1ccc2c(c1)CCCC(c1ccc(F)cc1C(F)(F)F)=C2c1ccc(CC2CCN(CCCF)C2)cc1. The zero-order valence-electron chi connectivity index (χ0n) is 22.6. The van der Waals surface area contributed by atoms with E-state index >= 15 is 0 Å². The maximum atomic E-state index is 14.1. The smallest absolute Gasteiger partial charge is 0.417 e.